The lowest BCUT2D eigenvalue weighted by molar-refractivity contribution is -0.643. The molecule has 0 aliphatic carbocycles. The fourth-order valence-corrected chi connectivity index (χ4v) is 3.10. The number of para-hydroxylation sites is 1. The lowest BCUT2D eigenvalue weighted by Gasteiger charge is -2.09. The van der Waals surface area contributed by atoms with Gasteiger partial charge >= 0.3 is 0 Å². The predicted octanol–water partition coefficient (Wildman–Crippen LogP) is 2.73. The number of nitrogens with zero attached hydrogens (tertiary/aromatic N) is 2. The third kappa shape index (κ3) is 1.15. The van der Waals surface area contributed by atoms with Crippen LogP contribution in [0.3, 0.4) is 0 Å². The van der Waals surface area contributed by atoms with Crippen molar-refractivity contribution < 1.29 is 4.57 Å². The van der Waals surface area contributed by atoms with E-state index in [2.05, 4.69) is 65.0 Å². The van der Waals surface area contributed by atoms with Gasteiger partial charge in [-0.1, -0.05) is 36.4 Å². The van der Waals surface area contributed by atoms with E-state index in [0.29, 0.717) is 0 Å². The van der Waals surface area contributed by atoms with Crippen molar-refractivity contribution in [3.05, 3.63) is 48.5 Å². The van der Waals surface area contributed by atoms with Crippen molar-refractivity contribution in [3.8, 4) is 0 Å². The molecular formula is C16H15N2+. The summed E-state index contributed by atoms with van der Waals surface area (Å²) in [6.07, 6.45) is 0. The lowest BCUT2D eigenvalue weighted by atomic mass is 10.1. The summed E-state index contributed by atoms with van der Waals surface area (Å²) in [6.45, 7) is 2.18. The molecule has 0 bridgehead atoms. The number of fused-ring (bicyclic) bond motifs is 6. The highest BCUT2D eigenvalue weighted by atomic mass is 15.3. The molecule has 0 N–H and O–H groups in total. The van der Waals surface area contributed by atoms with Crippen LogP contribution in [0.5, 0.6) is 0 Å². The van der Waals surface area contributed by atoms with Crippen molar-refractivity contribution in [1.82, 2.24) is 0 Å². The SMILES string of the molecule is CN1CC[n+]2c1c1ccccc1c1ccccc12. The van der Waals surface area contributed by atoms with Gasteiger partial charge in [0.1, 0.15) is 18.6 Å². The number of likely N-dealkylation sites (N-methyl/N-ethyl adjacent to an activating group) is 1. The Morgan fingerprint density at radius 3 is 2.39 bits per heavy atom. The van der Waals surface area contributed by atoms with E-state index in [1.54, 1.807) is 0 Å². The maximum absolute atomic E-state index is 2.44. The molecule has 18 heavy (non-hydrogen) atoms. The minimum absolute atomic E-state index is 1.08. The zero-order valence-electron chi connectivity index (χ0n) is 10.4. The van der Waals surface area contributed by atoms with Gasteiger partial charge < -0.3 is 0 Å². The highest BCUT2D eigenvalue weighted by Gasteiger charge is 2.28. The van der Waals surface area contributed by atoms with E-state index in [9.17, 15) is 0 Å². The summed E-state index contributed by atoms with van der Waals surface area (Å²) in [4.78, 5) is 2.36. The Balaban J connectivity index is 2.32. The second-order valence-corrected chi connectivity index (χ2v) is 4.96. The van der Waals surface area contributed by atoms with E-state index in [-0.39, 0.29) is 0 Å². The fourth-order valence-electron chi connectivity index (χ4n) is 3.10. The molecule has 1 aliphatic heterocycles. The molecule has 2 heteroatoms. The number of rotatable bonds is 0. The van der Waals surface area contributed by atoms with Crippen LogP contribution in [0.2, 0.25) is 0 Å². The molecule has 0 saturated carbocycles. The van der Waals surface area contributed by atoms with E-state index < -0.39 is 0 Å². The van der Waals surface area contributed by atoms with Crippen LogP contribution in [0.15, 0.2) is 48.5 Å². The molecule has 0 atom stereocenters. The molecule has 0 unspecified atom stereocenters. The van der Waals surface area contributed by atoms with Crippen molar-refractivity contribution in [3.63, 3.8) is 0 Å². The maximum atomic E-state index is 2.44. The van der Waals surface area contributed by atoms with Crippen LogP contribution in [0.1, 0.15) is 0 Å². The maximum Gasteiger partial charge on any atom is 0.285 e. The summed E-state index contributed by atoms with van der Waals surface area (Å²) >= 11 is 0. The zero-order chi connectivity index (χ0) is 12.1. The van der Waals surface area contributed by atoms with Crippen LogP contribution in [0, 0.1) is 0 Å². The minimum atomic E-state index is 1.08. The van der Waals surface area contributed by atoms with E-state index in [1.165, 1.54) is 27.5 Å². The second-order valence-electron chi connectivity index (χ2n) is 4.96. The molecule has 0 radical (unpaired) electrons. The molecule has 2 nitrogen and oxygen atoms in total. The Morgan fingerprint density at radius 2 is 1.56 bits per heavy atom. The van der Waals surface area contributed by atoms with E-state index in [1.807, 2.05) is 0 Å². The summed E-state index contributed by atoms with van der Waals surface area (Å²) < 4.78 is 2.44. The van der Waals surface area contributed by atoms with Gasteiger partial charge in [0.2, 0.25) is 0 Å². The molecule has 2 heterocycles. The standard InChI is InChI=1S/C16H15N2/c1-17-10-11-18-15-9-5-4-7-13(15)12-6-2-3-8-14(12)16(17)18/h2-9H,10-11H2,1H3/q+1. The molecule has 1 aliphatic rings. The summed E-state index contributed by atoms with van der Waals surface area (Å²) in [6, 6.07) is 17.4. The van der Waals surface area contributed by atoms with Crippen LogP contribution in [-0.4, -0.2) is 13.6 Å². The number of benzene rings is 2. The summed E-state index contributed by atoms with van der Waals surface area (Å²) in [5.41, 5.74) is 1.34. The van der Waals surface area contributed by atoms with E-state index >= 15 is 0 Å². The Bertz CT molecular complexity index is 761. The average molecular weight is 235 g/mol. The summed E-state index contributed by atoms with van der Waals surface area (Å²) in [5, 5.41) is 4.07. The fraction of sp³-hybridized carbons (Fsp3) is 0.188. The van der Waals surface area contributed by atoms with Crippen molar-refractivity contribution in [2.45, 2.75) is 6.54 Å². The normalized spacial score (nSPS) is 14.4. The molecule has 0 saturated heterocycles. The molecule has 3 aromatic rings. The monoisotopic (exact) mass is 235 g/mol. The molecule has 2 aromatic carbocycles. The predicted molar refractivity (Wildman–Crippen MR) is 74.9 cm³/mol. The third-order valence-electron chi connectivity index (χ3n) is 3.93. The van der Waals surface area contributed by atoms with E-state index in [0.717, 1.165) is 13.1 Å². The van der Waals surface area contributed by atoms with Gasteiger partial charge in [0.05, 0.1) is 12.4 Å². The second kappa shape index (κ2) is 3.45. The van der Waals surface area contributed by atoms with Gasteiger partial charge in [-0.3, -0.25) is 4.90 Å². The number of aromatic nitrogens is 1. The van der Waals surface area contributed by atoms with Gasteiger partial charge in [0.15, 0.2) is 0 Å². The largest absolute Gasteiger partial charge is 0.285 e. The number of pyridine rings is 1. The van der Waals surface area contributed by atoms with Crippen molar-refractivity contribution in [1.29, 1.82) is 0 Å². The number of hydrogen-bond donors (Lipinski definition) is 0. The Morgan fingerprint density at radius 1 is 0.889 bits per heavy atom. The Kier molecular flexibility index (Phi) is 1.90. The van der Waals surface area contributed by atoms with Crippen molar-refractivity contribution in [2.75, 3.05) is 18.5 Å². The quantitative estimate of drug-likeness (QED) is 0.429. The van der Waals surface area contributed by atoms with E-state index in [4.69, 9.17) is 0 Å². The van der Waals surface area contributed by atoms with Crippen LogP contribution in [-0.2, 0) is 6.54 Å². The van der Waals surface area contributed by atoms with Crippen LogP contribution in [0.25, 0.3) is 21.7 Å². The van der Waals surface area contributed by atoms with Crippen LogP contribution < -0.4 is 9.47 Å². The first kappa shape index (κ1) is 9.89. The molecule has 0 amide bonds. The average Bonchev–Trinajstić information content (AvgIpc) is 2.82. The summed E-state index contributed by atoms with van der Waals surface area (Å²) in [7, 11) is 2.18. The first-order valence-electron chi connectivity index (χ1n) is 6.41. The summed E-state index contributed by atoms with van der Waals surface area (Å²) in [5.74, 6) is 1.35. The van der Waals surface area contributed by atoms with Gasteiger partial charge in [0, 0.05) is 10.8 Å². The first-order valence-corrected chi connectivity index (χ1v) is 6.41. The number of hydrogen-bond acceptors (Lipinski definition) is 1. The molecule has 0 fully saturated rings. The number of anilines is 1. The lowest BCUT2D eigenvalue weighted by Crippen LogP contribution is -2.32. The van der Waals surface area contributed by atoms with Crippen LogP contribution in [0.4, 0.5) is 5.82 Å². The van der Waals surface area contributed by atoms with Gasteiger partial charge in [-0.25, -0.2) is 4.57 Å². The van der Waals surface area contributed by atoms with Gasteiger partial charge in [0.25, 0.3) is 5.82 Å². The third-order valence-corrected chi connectivity index (χ3v) is 3.93. The molecule has 0 spiro atoms. The van der Waals surface area contributed by atoms with Crippen LogP contribution >= 0.6 is 0 Å². The molecule has 1 aromatic heterocycles. The molecule has 4 rings (SSSR count). The van der Waals surface area contributed by atoms with Gasteiger partial charge in [-0.15, -0.1) is 0 Å². The topological polar surface area (TPSA) is 7.12 Å². The molecular weight excluding hydrogens is 220 g/mol. The first-order chi connectivity index (χ1) is 8.86. The smallest absolute Gasteiger partial charge is 0.260 e. The zero-order valence-corrected chi connectivity index (χ0v) is 10.4. The minimum Gasteiger partial charge on any atom is -0.260 e. The molecule has 88 valence electrons. The highest BCUT2D eigenvalue weighted by Crippen LogP contribution is 2.31. The van der Waals surface area contributed by atoms with Crippen molar-refractivity contribution >= 4 is 27.5 Å². The van der Waals surface area contributed by atoms with Crippen molar-refractivity contribution in [2.24, 2.45) is 0 Å². The Labute approximate surface area is 106 Å². The van der Waals surface area contributed by atoms with Gasteiger partial charge in [-0.2, -0.15) is 0 Å². The highest BCUT2D eigenvalue weighted by molar-refractivity contribution is 6.08. The Hall–Kier alpha value is -2.09. The van der Waals surface area contributed by atoms with Gasteiger partial charge in [-0.05, 0) is 12.1 Å².